The van der Waals surface area contributed by atoms with E-state index in [1.807, 2.05) is 30.3 Å². The van der Waals surface area contributed by atoms with E-state index < -0.39 is 35.5 Å². The van der Waals surface area contributed by atoms with E-state index in [2.05, 4.69) is 10.2 Å². The van der Waals surface area contributed by atoms with Gasteiger partial charge < -0.3 is 25.0 Å². The molecule has 1 aromatic carbocycles. The van der Waals surface area contributed by atoms with Crippen LogP contribution in [0.5, 0.6) is 0 Å². The molecule has 3 amide bonds. The van der Waals surface area contributed by atoms with Crippen LogP contribution in [-0.2, 0) is 14.3 Å². The van der Waals surface area contributed by atoms with Crippen molar-refractivity contribution in [3.8, 4) is 0 Å². The summed E-state index contributed by atoms with van der Waals surface area (Å²) in [6.07, 6.45) is 4.14. The molecule has 3 atom stereocenters. The van der Waals surface area contributed by atoms with Crippen molar-refractivity contribution in [2.24, 2.45) is 5.92 Å². The van der Waals surface area contributed by atoms with E-state index in [0.29, 0.717) is 26.2 Å². The molecule has 3 fully saturated rings. The molecule has 4 rings (SSSR count). The number of nitrogens with one attached hydrogen (secondary N) is 2. The zero-order valence-electron chi connectivity index (χ0n) is 20.0. The highest BCUT2D eigenvalue weighted by molar-refractivity contribution is 5.93. The molecular formula is C25H36N4O6. The van der Waals surface area contributed by atoms with Crippen LogP contribution in [0.1, 0.15) is 51.4 Å². The van der Waals surface area contributed by atoms with Gasteiger partial charge in [-0.3, -0.25) is 14.8 Å². The molecule has 2 aliphatic carbocycles. The molecule has 192 valence electrons. The van der Waals surface area contributed by atoms with Crippen LogP contribution in [0.4, 0.5) is 10.5 Å². The highest BCUT2D eigenvalue weighted by Crippen LogP contribution is 2.37. The molecule has 10 nitrogen and oxygen atoms in total. The van der Waals surface area contributed by atoms with Gasteiger partial charge in [-0.2, -0.15) is 0 Å². The molecule has 0 spiro atoms. The van der Waals surface area contributed by atoms with Crippen LogP contribution >= 0.6 is 0 Å². The summed E-state index contributed by atoms with van der Waals surface area (Å²) >= 11 is 0. The minimum atomic E-state index is -1.97. The minimum Gasteiger partial charge on any atom is -0.446 e. The third kappa shape index (κ3) is 5.87. The van der Waals surface area contributed by atoms with Crippen molar-refractivity contribution in [3.05, 3.63) is 30.3 Å². The van der Waals surface area contributed by atoms with Crippen molar-refractivity contribution in [2.45, 2.75) is 69.1 Å². The molecule has 1 aromatic rings. The predicted molar refractivity (Wildman–Crippen MR) is 128 cm³/mol. The number of aliphatic hydroxyl groups is 1. The Labute approximate surface area is 205 Å². The minimum absolute atomic E-state index is 0.0375. The topological polar surface area (TPSA) is 131 Å². The number of benzene rings is 1. The largest absolute Gasteiger partial charge is 0.446 e. The van der Waals surface area contributed by atoms with E-state index in [1.54, 1.807) is 10.4 Å². The Morgan fingerprint density at radius 2 is 1.66 bits per heavy atom. The van der Waals surface area contributed by atoms with E-state index in [-0.39, 0.29) is 25.3 Å². The maximum Gasteiger partial charge on any atom is 0.407 e. The second-order valence-electron chi connectivity index (χ2n) is 9.85. The standard InChI is InChI=1S/C25H36N4O6/c30-22(27-34)21-17-20(35-24(32)26-18-7-3-1-4-8-18)11-12-25(21,33)23(31)29-15-13-28(14-16-29)19-9-5-2-6-10-19/h2,5-6,9-10,18,20-21,33-34H,1,3-4,7-8,11-17H2,(H,26,32)(H,27,30). The van der Waals surface area contributed by atoms with Crippen molar-refractivity contribution >= 4 is 23.6 Å². The zero-order chi connectivity index (χ0) is 24.8. The van der Waals surface area contributed by atoms with Gasteiger partial charge in [0.1, 0.15) is 6.10 Å². The number of hydroxylamine groups is 1. The molecular weight excluding hydrogens is 452 g/mol. The number of amides is 3. The SMILES string of the molecule is O=C(NC1CCCCC1)OC1CCC(O)(C(=O)N2CCN(c3ccccc3)CC2)C(C(=O)NO)C1. The van der Waals surface area contributed by atoms with Gasteiger partial charge >= 0.3 is 6.09 Å². The van der Waals surface area contributed by atoms with Gasteiger partial charge in [0.2, 0.25) is 5.91 Å². The summed E-state index contributed by atoms with van der Waals surface area (Å²) in [4.78, 5) is 42.1. The summed E-state index contributed by atoms with van der Waals surface area (Å²) in [7, 11) is 0. The first-order chi connectivity index (χ1) is 16.9. The van der Waals surface area contributed by atoms with Gasteiger partial charge in [-0.25, -0.2) is 10.3 Å². The lowest BCUT2D eigenvalue weighted by Gasteiger charge is -2.44. The summed E-state index contributed by atoms with van der Waals surface area (Å²) in [6, 6.07) is 9.98. The number of carbonyl (C=O) groups is 3. The average Bonchev–Trinajstić information content (AvgIpc) is 2.90. The number of ether oxygens (including phenoxy) is 1. The number of hydrogen-bond acceptors (Lipinski definition) is 7. The lowest BCUT2D eigenvalue weighted by Crippen LogP contribution is -2.62. The van der Waals surface area contributed by atoms with Gasteiger partial charge in [-0.05, 0) is 44.2 Å². The third-order valence-corrected chi connectivity index (χ3v) is 7.61. The van der Waals surface area contributed by atoms with Crippen molar-refractivity contribution in [2.75, 3.05) is 31.1 Å². The number of alkyl carbamates (subject to hydrolysis) is 1. The number of anilines is 1. The number of para-hydroxylation sites is 1. The number of nitrogens with zero attached hydrogens (tertiary/aromatic N) is 2. The van der Waals surface area contributed by atoms with Gasteiger partial charge in [0.15, 0.2) is 5.60 Å². The number of carbonyl (C=O) groups excluding carboxylic acids is 3. The molecule has 0 radical (unpaired) electrons. The van der Waals surface area contributed by atoms with E-state index in [9.17, 15) is 24.7 Å². The van der Waals surface area contributed by atoms with Gasteiger partial charge in [0.05, 0.1) is 5.92 Å². The fourth-order valence-electron chi connectivity index (χ4n) is 5.58. The van der Waals surface area contributed by atoms with Crippen LogP contribution in [0.15, 0.2) is 30.3 Å². The van der Waals surface area contributed by atoms with Crippen molar-refractivity contribution < 1.29 is 29.4 Å². The van der Waals surface area contributed by atoms with Crippen molar-refractivity contribution in [1.29, 1.82) is 0 Å². The van der Waals surface area contributed by atoms with Crippen LogP contribution in [0, 0.1) is 5.92 Å². The number of piperazine rings is 1. The average molecular weight is 489 g/mol. The highest BCUT2D eigenvalue weighted by atomic mass is 16.6. The third-order valence-electron chi connectivity index (χ3n) is 7.61. The maximum atomic E-state index is 13.4. The van der Waals surface area contributed by atoms with Crippen LogP contribution in [0.2, 0.25) is 0 Å². The van der Waals surface area contributed by atoms with E-state index in [0.717, 1.165) is 31.4 Å². The van der Waals surface area contributed by atoms with E-state index in [1.165, 1.54) is 6.42 Å². The second kappa shape index (κ2) is 11.3. The number of rotatable bonds is 5. The molecule has 4 N–H and O–H groups in total. The van der Waals surface area contributed by atoms with Crippen molar-refractivity contribution in [3.63, 3.8) is 0 Å². The monoisotopic (exact) mass is 488 g/mol. The van der Waals surface area contributed by atoms with Gasteiger partial charge in [0.25, 0.3) is 5.91 Å². The lowest BCUT2D eigenvalue weighted by molar-refractivity contribution is -0.174. The lowest BCUT2D eigenvalue weighted by atomic mass is 9.72. The molecule has 3 unspecified atom stereocenters. The summed E-state index contributed by atoms with van der Waals surface area (Å²) < 4.78 is 5.55. The smallest absolute Gasteiger partial charge is 0.407 e. The van der Waals surface area contributed by atoms with Gasteiger partial charge in [-0.1, -0.05) is 37.5 Å². The number of hydrogen-bond donors (Lipinski definition) is 4. The highest BCUT2D eigenvalue weighted by Gasteiger charge is 2.53. The first kappa shape index (κ1) is 25.2. The normalized spacial score (nSPS) is 27.7. The molecule has 0 bridgehead atoms. The predicted octanol–water partition coefficient (Wildman–Crippen LogP) is 1.80. The summed E-state index contributed by atoms with van der Waals surface area (Å²) in [6.45, 7) is 2.03. The first-order valence-corrected chi connectivity index (χ1v) is 12.6. The van der Waals surface area contributed by atoms with E-state index >= 15 is 0 Å². The van der Waals surface area contributed by atoms with Gasteiger partial charge in [-0.15, -0.1) is 0 Å². The Hall–Kier alpha value is -2.85. The van der Waals surface area contributed by atoms with Crippen LogP contribution in [0.3, 0.4) is 0 Å². The first-order valence-electron chi connectivity index (χ1n) is 12.6. The fourth-order valence-corrected chi connectivity index (χ4v) is 5.58. The van der Waals surface area contributed by atoms with Crippen LogP contribution < -0.4 is 15.7 Å². The summed E-state index contributed by atoms with van der Waals surface area (Å²) in [5.74, 6) is -2.61. The Bertz CT molecular complexity index is 885. The molecule has 1 aliphatic heterocycles. The Kier molecular flexibility index (Phi) is 8.12. The Morgan fingerprint density at radius 3 is 2.31 bits per heavy atom. The Balaban J connectivity index is 1.36. The van der Waals surface area contributed by atoms with Gasteiger partial charge in [0, 0.05) is 37.9 Å². The Morgan fingerprint density at radius 1 is 0.971 bits per heavy atom. The second-order valence-corrected chi connectivity index (χ2v) is 9.85. The molecule has 10 heteroatoms. The molecule has 0 aromatic heterocycles. The molecule has 2 saturated carbocycles. The van der Waals surface area contributed by atoms with Crippen molar-refractivity contribution in [1.82, 2.24) is 15.7 Å². The van der Waals surface area contributed by atoms with Crippen LogP contribution in [0.25, 0.3) is 0 Å². The zero-order valence-corrected chi connectivity index (χ0v) is 20.0. The molecule has 1 heterocycles. The molecule has 35 heavy (non-hydrogen) atoms. The molecule has 1 saturated heterocycles. The van der Waals surface area contributed by atoms with E-state index in [4.69, 9.17) is 4.74 Å². The maximum absolute atomic E-state index is 13.4. The van der Waals surface area contributed by atoms with Crippen LogP contribution in [-0.4, -0.2) is 77.0 Å². The summed E-state index contributed by atoms with van der Waals surface area (Å²) in [5, 5.41) is 23.6. The quantitative estimate of drug-likeness (QED) is 0.367. The summed E-state index contributed by atoms with van der Waals surface area (Å²) in [5.41, 5.74) is 0.680. The fraction of sp³-hybridized carbons (Fsp3) is 0.640. The molecule has 3 aliphatic rings.